The number of nitrogens with zero attached hydrogens (tertiary/aromatic N) is 2. The van der Waals surface area contributed by atoms with Crippen molar-refractivity contribution in [1.29, 1.82) is 0 Å². The summed E-state index contributed by atoms with van der Waals surface area (Å²) < 4.78 is 1.98. The highest BCUT2D eigenvalue weighted by Gasteiger charge is 2.18. The van der Waals surface area contributed by atoms with Crippen LogP contribution in [0.4, 0.5) is 5.69 Å². The van der Waals surface area contributed by atoms with Crippen LogP contribution in [0.3, 0.4) is 0 Å². The van der Waals surface area contributed by atoms with E-state index in [0.717, 1.165) is 0 Å². The predicted octanol–water partition coefficient (Wildman–Crippen LogP) is 2.48. The average molecular weight is 346 g/mol. The van der Waals surface area contributed by atoms with Gasteiger partial charge in [-0.15, -0.1) is 0 Å². The van der Waals surface area contributed by atoms with Gasteiger partial charge in [0, 0.05) is 19.7 Å². The van der Waals surface area contributed by atoms with E-state index in [-0.39, 0.29) is 17.6 Å². The van der Waals surface area contributed by atoms with Gasteiger partial charge < -0.3 is 10.4 Å². The van der Waals surface area contributed by atoms with E-state index < -0.39 is 0 Å². The minimum atomic E-state index is -0.122. The van der Waals surface area contributed by atoms with Crippen molar-refractivity contribution >= 4 is 21.6 Å². The SMILES string of the molecule is CC(C)Cn1ncc(NCC(C)(C)CCO)c(Br)c1=O. The summed E-state index contributed by atoms with van der Waals surface area (Å²) in [4.78, 5) is 12.1. The average Bonchev–Trinajstić information content (AvgIpc) is 2.33. The van der Waals surface area contributed by atoms with E-state index in [1.807, 2.05) is 13.8 Å². The van der Waals surface area contributed by atoms with Crippen LogP contribution in [0.1, 0.15) is 34.1 Å². The molecule has 20 heavy (non-hydrogen) atoms. The van der Waals surface area contributed by atoms with E-state index >= 15 is 0 Å². The minimum Gasteiger partial charge on any atom is -0.396 e. The first kappa shape index (κ1) is 17.2. The van der Waals surface area contributed by atoms with Crippen molar-refractivity contribution in [3.8, 4) is 0 Å². The van der Waals surface area contributed by atoms with Crippen LogP contribution in [0.5, 0.6) is 0 Å². The summed E-state index contributed by atoms with van der Waals surface area (Å²) >= 11 is 3.34. The lowest BCUT2D eigenvalue weighted by atomic mass is 9.90. The van der Waals surface area contributed by atoms with Gasteiger partial charge in [0.15, 0.2) is 0 Å². The molecule has 0 radical (unpaired) electrons. The number of halogens is 1. The Morgan fingerprint density at radius 1 is 1.50 bits per heavy atom. The van der Waals surface area contributed by atoms with E-state index in [4.69, 9.17) is 5.11 Å². The van der Waals surface area contributed by atoms with Crippen LogP contribution in [0.2, 0.25) is 0 Å². The van der Waals surface area contributed by atoms with E-state index in [0.29, 0.717) is 35.6 Å². The lowest BCUT2D eigenvalue weighted by Gasteiger charge is -2.24. The molecule has 0 saturated heterocycles. The minimum absolute atomic E-state index is 0.0407. The van der Waals surface area contributed by atoms with Crippen molar-refractivity contribution < 1.29 is 5.11 Å². The van der Waals surface area contributed by atoms with Gasteiger partial charge in [-0.05, 0) is 33.7 Å². The second kappa shape index (κ2) is 7.22. The van der Waals surface area contributed by atoms with Crippen molar-refractivity contribution in [3.05, 3.63) is 21.0 Å². The van der Waals surface area contributed by atoms with Gasteiger partial charge >= 0.3 is 0 Å². The maximum Gasteiger partial charge on any atom is 0.283 e. The summed E-state index contributed by atoms with van der Waals surface area (Å²) in [7, 11) is 0. The number of nitrogens with one attached hydrogen (secondary N) is 1. The molecule has 0 spiro atoms. The Hall–Kier alpha value is -0.880. The van der Waals surface area contributed by atoms with E-state index in [1.54, 1.807) is 6.20 Å². The zero-order valence-corrected chi connectivity index (χ0v) is 14.2. The van der Waals surface area contributed by atoms with E-state index in [1.165, 1.54) is 4.68 Å². The quantitative estimate of drug-likeness (QED) is 0.796. The van der Waals surface area contributed by atoms with Gasteiger partial charge in [-0.3, -0.25) is 4.79 Å². The summed E-state index contributed by atoms with van der Waals surface area (Å²) in [5.74, 6) is 0.370. The summed E-state index contributed by atoms with van der Waals surface area (Å²) in [6.45, 7) is 9.66. The first-order valence-electron chi connectivity index (χ1n) is 6.87. The first-order valence-corrected chi connectivity index (χ1v) is 7.66. The van der Waals surface area contributed by atoms with Crippen LogP contribution < -0.4 is 10.9 Å². The van der Waals surface area contributed by atoms with E-state index in [9.17, 15) is 4.79 Å². The Labute approximate surface area is 128 Å². The number of anilines is 1. The van der Waals surface area contributed by atoms with Gasteiger partial charge in [0.2, 0.25) is 0 Å². The maximum atomic E-state index is 12.1. The molecule has 114 valence electrons. The number of aliphatic hydroxyl groups is 1. The molecule has 0 aliphatic heterocycles. The second-order valence-corrected chi connectivity index (χ2v) is 7.04. The molecule has 0 atom stereocenters. The van der Waals surface area contributed by atoms with Crippen molar-refractivity contribution in [3.63, 3.8) is 0 Å². The molecule has 0 aliphatic carbocycles. The molecule has 0 amide bonds. The lowest BCUT2D eigenvalue weighted by molar-refractivity contribution is 0.220. The molecule has 1 heterocycles. The zero-order valence-electron chi connectivity index (χ0n) is 12.6. The third kappa shape index (κ3) is 4.90. The summed E-state index contributed by atoms with van der Waals surface area (Å²) in [5.41, 5.74) is 0.533. The number of hydrogen-bond donors (Lipinski definition) is 2. The summed E-state index contributed by atoms with van der Waals surface area (Å²) in [6.07, 6.45) is 2.37. The third-order valence-corrected chi connectivity index (χ3v) is 3.84. The Bertz CT molecular complexity index is 498. The van der Waals surface area contributed by atoms with Crippen LogP contribution in [-0.2, 0) is 6.54 Å². The Kier molecular flexibility index (Phi) is 6.20. The first-order chi connectivity index (χ1) is 9.26. The molecule has 5 nitrogen and oxygen atoms in total. The fourth-order valence-corrected chi connectivity index (χ4v) is 2.24. The number of aliphatic hydroxyl groups excluding tert-OH is 1. The van der Waals surface area contributed by atoms with Crippen LogP contribution in [0.15, 0.2) is 15.5 Å². The van der Waals surface area contributed by atoms with Crippen LogP contribution in [-0.4, -0.2) is 28.0 Å². The van der Waals surface area contributed by atoms with Crippen LogP contribution in [0, 0.1) is 11.3 Å². The van der Waals surface area contributed by atoms with Gasteiger partial charge in [-0.1, -0.05) is 27.7 Å². The third-order valence-electron chi connectivity index (χ3n) is 3.07. The van der Waals surface area contributed by atoms with E-state index in [2.05, 4.69) is 40.2 Å². The van der Waals surface area contributed by atoms with Gasteiger partial charge in [0.25, 0.3) is 5.56 Å². The Balaban J connectivity index is 2.83. The van der Waals surface area contributed by atoms with Crippen molar-refractivity contribution in [2.45, 2.75) is 40.7 Å². The fraction of sp³-hybridized carbons (Fsp3) is 0.714. The normalized spacial score (nSPS) is 11.9. The molecule has 0 aromatic carbocycles. The van der Waals surface area contributed by atoms with Crippen LogP contribution in [0.25, 0.3) is 0 Å². The largest absolute Gasteiger partial charge is 0.396 e. The molecule has 1 aromatic heterocycles. The molecule has 6 heteroatoms. The zero-order chi connectivity index (χ0) is 15.3. The van der Waals surface area contributed by atoms with Crippen molar-refractivity contribution in [2.75, 3.05) is 18.5 Å². The molecule has 0 aliphatic rings. The monoisotopic (exact) mass is 345 g/mol. The van der Waals surface area contributed by atoms with Gasteiger partial charge in [-0.25, -0.2) is 4.68 Å². The molecule has 0 saturated carbocycles. The summed E-state index contributed by atoms with van der Waals surface area (Å²) in [6, 6.07) is 0. The molecule has 1 rings (SSSR count). The van der Waals surface area contributed by atoms with Gasteiger partial charge in [0.1, 0.15) is 4.47 Å². The van der Waals surface area contributed by atoms with Gasteiger partial charge in [-0.2, -0.15) is 5.10 Å². The standard InChI is InChI=1S/C14H24BrN3O2/c1-10(2)8-18-13(20)12(15)11(7-17-18)16-9-14(3,4)5-6-19/h7,10,16,19H,5-6,8-9H2,1-4H3. The Morgan fingerprint density at radius 3 is 2.70 bits per heavy atom. The molecule has 0 bridgehead atoms. The smallest absolute Gasteiger partial charge is 0.283 e. The molecule has 1 aromatic rings. The van der Waals surface area contributed by atoms with Crippen molar-refractivity contribution in [2.24, 2.45) is 11.3 Å². The number of rotatable bonds is 7. The molecular weight excluding hydrogens is 322 g/mol. The molecule has 2 N–H and O–H groups in total. The maximum absolute atomic E-state index is 12.1. The molecular formula is C14H24BrN3O2. The highest BCUT2D eigenvalue weighted by atomic mass is 79.9. The van der Waals surface area contributed by atoms with Gasteiger partial charge in [0.05, 0.1) is 11.9 Å². The lowest BCUT2D eigenvalue weighted by Crippen LogP contribution is -2.28. The highest BCUT2D eigenvalue weighted by Crippen LogP contribution is 2.23. The van der Waals surface area contributed by atoms with Crippen molar-refractivity contribution in [1.82, 2.24) is 9.78 Å². The number of aromatic nitrogens is 2. The predicted molar refractivity (Wildman–Crippen MR) is 85.0 cm³/mol. The van der Waals surface area contributed by atoms with Crippen LogP contribution >= 0.6 is 15.9 Å². The fourth-order valence-electron chi connectivity index (χ4n) is 1.79. The Morgan fingerprint density at radius 2 is 2.15 bits per heavy atom. The second-order valence-electron chi connectivity index (χ2n) is 6.24. The molecule has 0 unspecified atom stereocenters. The topological polar surface area (TPSA) is 67.2 Å². The highest BCUT2D eigenvalue weighted by molar-refractivity contribution is 9.10. The number of hydrogen-bond acceptors (Lipinski definition) is 4. The summed E-state index contributed by atoms with van der Waals surface area (Å²) in [5, 5.41) is 16.4. The molecule has 0 fully saturated rings.